The Labute approximate surface area is 139 Å². The molecule has 1 fully saturated rings. The standard InChI is InChI=1S/C17H26N2O2.ClH/c1-14-5-3-6-16(11-14)21-10-4-7-17(20)19-9-8-15(13-19)12-18-2;/h3,5-6,11,15,18H,4,7-10,12-13H2,1-2H3;1H. The van der Waals surface area contributed by atoms with Crippen LogP contribution in [0.5, 0.6) is 5.75 Å². The fraction of sp³-hybridized carbons (Fsp3) is 0.588. The summed E-state index contributed by atoms with van der Waals surface area (Å²) in [5, 5.41) is 3.19. The maximum absolute atomic E-state index is 12.1. The average molecular weight is 327 g/mol. The number of halogens is 1. The predicted octanol–water partition coefficient (Wildman–Crippen LogP) is 2.64. The minimum atomic E-state index is 0. The van der Waals surface area contributed by atoms with Crippen molar-refractivity contribution in [2.45, 2.75) is 26.2 Å². The summed E-state index contributed by atoms with van der Waals surface area (Å²) >= 11 is 0. The van der Waals surface area contributed by atoms with Gasteiger partial charge in [0, 0.05) is 19.5 Å². The van der Waals surface area contributed by atoms with Crippen LogP contribution in [0.25, 0.3) is 0 Å². The molecule has 0 spiro atoms. The van der Waals surface area contributed by atoms with Gasteiger partial charge in [-0.15, -0.1) is 12.4 Å². The molecule has 4 nitrogen and oxygen atoms in total. The maximum Gasteiger partial charge on any atom is 0.222 e. The average Bonchev–Trinajstić information content (AvgIpc) is 2.93. The topological polar surface area (TPSA) is 41.6 Å². The van der Waals surface area contributed by atoms with Gasteiger partial charge >= 0.3 is 0 Å². The summed E-state index contributed by atoms with van der Waals surface area (Å²) < 4.78 is 5.68. The number of likely N-dealkylation sites (tertiary alicyclic amines) is 1. The highest BCUT2D eigenvalue weighted by atomic mass is 35.5. The highest BCUT2D eigenvalue weighted by Crippen LogP contribution is 2.17. The molecular formula is C17H27ClN2O2. The molecule has 1 aliphatic heterocycles. The lowest BCUT2D eigenvalue weighted by atomic mass is 10.1. The van der Waals surface area contributed by atoms with Crippen molar-refractivity contribution in [3.8, 4) is 5.75 Å². The normalized spacial score (nSPS) is 17.2. The van der Waals surface area contributed by atoms with Crippen molar-refractivity contribution in [1.29, 1.82) is 0 Å². The van der Waals surface area contributed by atoms with E-state index < -0.39 is 0 Å². The van der Waals surface area contributed by atoms with Gasteiger partial charge in [-0.25, -0.2) is 0 Å². The molecule has 0 aromatic heterocycles. The van der Waals surface area contributed by atoms with Crippen molar-refractivity contribution in [2.75, 3.05) is 33.3 Å². The van der Waals surface area contributed by atoms with Crippen molar-refractivity contribution in [3.05, 3.63) is 29.8 Å². The molecule has 0 saturated carbocycles. The third-order valence-corrected chi connectivity index (χ3v) is 3.92. The monoisotopic (exact) mass is 326 g/mol. The summed E-state index contributed by atoms with van der Waals surface area (Å²) in [6.07, 6.45) is 2.48. The number of carbonyl (C=O) groups is 1. The van der Waals surface area contributed by atoms with Crippen molar-refractivity contribution >= 4 is 18.3 Å². The van der Waals surface area contributed by atoms with Crippen LogP contribution >= 0.6 is 12.4 Å². The van der Waals surface area contributed by atoms with Crippen LogP contribution in [0.15, 0.2) is 24.3 Å². The Morgan fingerprint density at radius 3 is 3.00 bits per heavy atom. The highest BCUT2D eigenvalue weighted by molar-refractivity contribution is 5.85. The molecule has 0 aliphatic carbocycles. The molecule has 1 aromatic carbocycles. The zero-order valence-electron chi connectivity index (χ0n) is 13.5. The van der Waals surface area contributed by atoms with Crippen LogP contribution in [-0.2, 0) is 4.79 Å². The first-order chi connectivity index (χ1) is 10.2. The van der Waals surface area contributed by atoms with Crippen LogP contribution in [0.3, 0.4) is 0 Å². The molecule has 22 heavy (non-hydrogen) atoms. The quantitative estimate of drug-likeness (QED) is 0.783. The number of benzene rings is 1. The number of rotatable bonds is 7. The smallest absolute Gasteiger partial charge is 0.222 e. The Balaban J connectivity index is 0.00000242. The predicted molar refractivity (Wildman–Crippen MR) is 91.8 cm³/mol. The molecule has 1 saturated heterocycles. The molecule has 124 valence electrons. The molecule has 0 bridgehead atoms. The molecule has 1 N–H and O–H groups in total. The van der Waals surface area contributed by atoms with Crippen LogP contribution in [0.4, 0.5) is 0 Å². The molecule has 0 radical (unpaired) electrons. The second-order valence-electron chi connectivity index (χ2n) is 5.82. The van der Waals surface area contributed by atoms with E-state index in [1.807, 2.05) is 43.1 Å². The maximum atomic E-state index is 12.1. The van der Waals surface area contributed by atoms with E-state index in [9.17, 15) is 4.79 Å². The minimum absolute atomic E-state index is 0. The zero-order valence-corrected chi connectivity index (χ0v) is 14.3. The summed E-state index contributed by atoms with van der Waals surface area (Å²) in [4.78, 5) is 14.1. The first kappa shape index (κ1) is 18.8. The molecule has 1 amide bonds. The Morgan fingerprint density at radius 2 is 2.27 bits per heavy atom. The van der Waals surface area contributed by atoms with Gasteiger partial charge in [0.2, 0.25) is 5.91 Å². The number of ether oxygens (including phenoxy) is 1. The fourth-order valence-corrected chi connectivity index (χ4v) is 2.79. The van der Waals surface area contributed by atoms with Crippen molar-refractivity contribution in [1.82, 2.24) is 10.2 Å². The molecule has 1 aliphatic rings. The Morgan fingerprint density at radius 1 is 1.45 bits per heavy atom. The summed E-state index contributed by atoms with van der Waals surface area (Å²) in [7, 11) is 1.97. The number of amides is 1. The first-order valence-electron chi connectivity index (χ1n) is 7.81. The highest BCUT2D eigenvalue weighted by Gasteiger charge is 2.25. The second kappa shape index (κ2) is 9.70. The van der Waals surface area contributed by atoms with E-state index in [0.29, 0.717) is 18.9 Å². The zero-order chi connectivity index (χ0) is 15.1. The van der Waals surface area contributed by atoms with Crippen LogP contribution in [0, 0.1) is 12.8 Å². The van der Waals surface area contributed by atoms with Gasteiger partial charge in [-0.3, -0.25) is 4.79 Å². The summed E-state index contributed by atoms with van der Waals surface area (Å²) in [6, 6.07) is 8.01. The largest absolute Gasteiger partial charge is 0.494 e. The van der Waals surface area contributed by atoms with Crippen molar-refractivity contribution < 1.29 is 9.53 Å². The van der Waals surface area contributed by atoms with Gasteiger partial charge in [-0.1, -0.05) is 12.1 Å². The summed E-state index contributed by atoms with van der Waals surface area (Å²) in [5.74, 6) is 1.77. The Bertz CT molecular complexity index is 468. The summed E-state index contributed by atoms with van der Waals surface area (Å²) in [6.45, 7) is 5.46. The minimum Gasteiger partial charge on any atom is -0.494 e. The van der Waals surface area contributed by atoms with Crippen LogP contribution < -0.4 is 10.1 Å². The fourth-order valence-electron chi connectivity index (χ4n) is 2.79. The number of hydrogen-bond donors (Lipinski definition) is 1. The van der Waals surface area contributed by atoms with Gasteiger partial charge in [0.25, 0.3) is 0 Å². The van der Waals surface area contributed by atoms with E-state index in [2.05, 4.69) is 5.32 Å². The SMILES string of the molecule is CNCC1CCN(C(=O)CCCOc2cccc(C)c2)C1.Cl. The molecular weight excluding hydrogens is 300 g/mol. The van der Waals surface area contributed by atoms with E-state index in [-0.39, 0.29) is 18.3 Å². The van der Waals surface area contributed by atoms with Crippen LogP contribution in [0.2, 0.25) is 0 Å². The molecule has 2 rings (SSSR count). The van der Waals surface area contributed by atoms with Gasteiger partial charge < -0.3 is 15.0 Å². The molecule has 1 atom stereocenters. The molecule has 1 unspecified atom stereocenters. The molecule has 5 heteroatoms. The number of aryl methyl sites for hydroxylation is 1. The lowest BCUT2D eigenvalue weighted by Gasteiger charge is -2.16. The number of nitrogens with zero attached hydrogens (tertiary/aromatic N) is 1. The number of carbonyl (C=O) groups excluding carboxylic acids is 1. The van der Waals surface area contributed by atoms with Crippen molar-refractivity contribution in [2.24, 2.45) is 5.92 Å². The van der Waals surface area contributed by atoms with E-state index in [4.69, 9.17) is 4.74 Å². The Hall–Kier alpha value is -1.26. The third-order valence-electron chi connectivity index (χ3n) is 3.92. The molecule has 1 aromatic rings. The second-order valence-corrected chi connectivity index (χ2v) is 5.82. The van der Waals surface area contributed by atoms with Gasteiger partial charge in [0.15, 0.2) is 0 Å². The van der Waals surface area contributed by atoms with E-state index in [0.717, 1.165) is 38.2 Å². The van der Waals surface area contributed by atoms with E-state index in [1.165, 1.54) is 5.56 Å². The first-order valence-corrected chi connectivity index (χ1v) is 7.81. The van der Waals surface area contributed by atoms with Crippen molar-refractivity contribution in [3.63, 3.8) is 0 Å². The lowest BCUT2D eigenvalue weighted by Crippen LogP contribution is -2.30. The number of hydrogen-bond acceptors (Lipinski definition) is 3. The summed E-state index contributed by atoms with van der Waals surface area (Å²) in [5.41, 5.74) is 1.19. The number of nitrogens with one attached hydrogen (secondary N) is 1. The van der Waals surface area contributed by atoms with Crippen LogP contribution in [-0.4, -0.2) is 44.1 Å². The Kier molecular flexibility index (Phi) is 8.28. The van der Waals surface area contributed by atoms with Gasteiger partial charge in [-0.05, 0) is 57.0 Å². The third kappa shape index (κ3) is 5.85. The van der Waals surface area contributed by atoms with Gasteiger partial charge in [0.05, 0.1) is 6.61 Å². The van der Waals surface area contributed by atoms with E-state index >= 15 is 0 Å². The molecule has 1 heterocycles. The van der Waals surface area contributed by atoms with Gasteiger partial charge in [0.1, 0.15) is 5.75 Å². The van der Waals surface area contributed by atoms with E-state index in [1.54, 1.807) is 0 Å². The van der Waals surface area contributed by atoms with Gasteiger partial charge in [-0.2, -0.15) is 0 Å². The van der Waals surface area contributed by atoms with Crippen LogP contribution in [0.1, 0.15) is 24.8 Å². The lowest BCUT2D eigenvalue weighted by molar-refractivity contribution is -0.130.